The second-order valence-electron chi connectivity index (χ2n) is 5.05. The number of hydrogen-bond donors (Lipinski definition) is 1. The third-order valence-electron chi connectivity index (χ3n) is 3.58. The molecule has 1 aromatic carbocycles. The van der Waals surface area contributed by atoms with E-state index in [1.807, 2.05) is 18.0 Å². The molecule has 1 atom stereocenters. The largest absolute Gasteiger partial charge is 0.336 e. The Labute approximate surface area is 133 Å². The van der Waals surface area contributed by atoms with Crippen LogP contribution in [-0.2, 0) is 11.3 Å². The van der Waals surface area contributed by atoms with Crippen LogP contribution in [0, 0.1) is 0 Å². The first-order chi connectivity index (χ1) is 9.90. The minimum absolute atomic E-state index is 0.211. The molecule has 1 heterocycles. The second-order valence-corrected chi connectivity index (χ2v) is 5.89. The van der Waals surface area contributed by atoms with Gasteiger partial charge >= 0.3 is 6.03 Å². The molecule has 0 radical (unpaired) electrons. The smallest absolute Gasteiger partial charge is 0.324 e. The number of hydrogen-bond acceptors (Lipinski definition) is 3. The summed E-state index contributed by atoms with van der Waals surface area (Å²) in [6, 6.07) is 4.52. The van der Waals surface area contributed by atoms with Crippen LogP contribution < -0.4 is 5.32 Å². The van der Waals surface area contributed by atoms with E-state index in [0.717, 1.165) is 5.56 Å². The molecule has 0 unspecified atom stereocenters. The van der Waals surface area contributed by atoms with Gasteiger partial charge in [0.2, 0.25) is 5.91 Å². The van der Waals surface area contributed by atoms with Crippen molar-refractivity contribution in [1.82, 2.24) is 15.1 Å². The zero-order valence-electron chi connectivity index (χ0n) is 11.9. The fourth-order valence-electron chi connectivity index (χ4n) is 2.15. The van der Waals surface area contributed by atoms with Gasteiger partial charge in [-0.1, -0.05) is 29.3 Å². The number of urea groups is 1. The molecule has 1 fully saturated rings. The fraction of sp³-hybridized carbons (Fsp3) is 0.429. The third-order valence-corrected chi connectivity index (χ3v) is 4.16. The summed E-state index contributed by atoms with van der Waals surface area (Å²) in [5, 5.41) is 3.76. The van der Waals surface area contributed by atoms with Crippen LogP contribution in [0.3, 0.4) is 0 Å². The quantitative estimate of drug-likeness (QED) is 0.922. The first-order valence-corrected chi connectivity index (χ1v) is 7.39. The highest BCUT2D eigenvalue weighted by molar-refractivity contribution is 6.35. The van der Waals surface area contributed by atoms with E-state index in [2.05, 4.69) is 5.32 Å². The Bertz CT molecular complexity index is 565. The lowest BCUT2D eigenvalue weighted by Crippen LogP contribution is -2.46. The van der Waals surface area contributed by atoms with Gasteiger partial charge in [-0.15, -0.1) is 0 Å². The fourth-order valence-corrected chi connectivity index (χ4v) is 2.62. The number of benzene rings is 1. The van der Waals surface area contributed by atoms with E-state index < -0.39 is 6.04 Å². The van der Waals surface area contributed by atoms with Crippen molar-refractivity contribution < 1.29 is 9.59 Å². The molecular formula is C14H17Cl2N3O2. The number of carbonyl (C=O) groups is 2. The van der Waals surface area contributed by atoms with Gasteiger partial charge in [-0.2, -0.15) is 0 Å². The van der Waals surface area contributed by atoms with Gasteiger partial charge in [0, 0.05) is 29.7 Å². The Balaban J connectivity index is 2.03. The molecule has 0 bridgehead atoms. The molecule has 0 saturated carbocycles. The summed E-state index contributed by atoms with van der Waals surface area (Å²) in [5.41, 5.74) is 0.883. The lowest BCUT2D eigenvalue weighted by atomic mass is 10.2. The Kier molecular flexibility index (Phi) is 5.08. The zero-order chi connectivity index (χ0) is 15.6. The number of halogens is 2. The van der Waals surface area contributed by atoms with Crippen molar-refractivity contribution >= 4 is 35.1 Å². The molecule has 21 heavy (non-hydrogen) atoms. The monoisotopic (exact) mass is 329 g/mol. The van der Waals surface area contributed by atoms with Gasteiger partial charge in [-0.3, -0.25) is 14.6 Å². The average molecular weight is 330 g/mol. The van der Waals surface area contributed by atoms with Crippen molar-refractivity contribution in [1.29, 1.82) is 0 Å². The lowest BCUT2D eigenvalue weighted by molar-refractivity contribution is -0.132. The number of imide groups is 1. The second kappa shape index (κ2) is 6.64. The Hall–Kier alpha value is -1.30. The zero-order valence-corrected chi connectivity index (χ0v) is 13.4. The molecule has 1 aromatic rings. The van der Waals surface area contributed by atoms with Gasteiger partial charge in [0.25, 0.3) is 0 Å². The average Bonchev–Trinajstić information content (AvgIpc) is 2.86. The van der Waals surface area contributed by atoms with Crippen LogP contribution in [0.15, 0.2) is 18.2 Å². The molecular weight excluding hydrogens is 313 g/mol. The van der Waals surface area contributed by atoms with Crippen molar-refractivity contribution in [3.8, 4) is 0 Å². The van der Waals surface area contributed by atoms with Crippen LogP contribution in [0.1, 0.15) is 12.5 Å². The van der Waals surface area contributed by atoms with Crippen LogP contribution in [0.25, 0.3) is 0 Å². The van der Waals surface area contributed by atoms with Crippen LogP contribution in [0.5, 0.6) is 0 Å². The molecule has 0 aliphatic carbocycles. The van der Waals surface area contributed by atoms with Gasteiger partial charge in [-0.05, 0) is 31.7 Å². The van der Waals surface area contributed by atoms with Gasteiger partial charge < -0.3 is 5.32 Å². The highest BCUT2D eigenvalue weighted by Crippen LogP contribution is 2.22. The van der Waals surface area contributed by atoms with Crippen molar-refractivity contribution in [2.75, 3.05) is 20.1 Å². The predicted molar refractivity (Wildman–Crippen MR) is 82.5 cm³/mol. The molecule has 114 valence electrons. The van der Waals surface area contributed by atoms with E-state index in [4.69, 9.17) is 23.2 Å². The molecule has 0 aromatic heterocycles. The molecule has 7 heteroatoms. The summed E-state index contributed by atoms with van der Waals surface area (Å²) in [6.45, 7) is 3.19. The van der Waals surface area contributed by atoms with Crippen LogP contribution in [0.4, 0.5) is 4.79 Å². The first kappa shape index (κ1) is 16.1. The molecule has 1 aliphatic heterocycles. The SMILES string of the molecule is C[C@H](C(=O)N1CCNC1=O)N(C)Cc1ccc(Cl)cc1Cl. The maximum atomic E-state index is 12.3. The number of likely N-dealkylation sites (N-methyl/N-ethyl adjacent to an activating group) is 1. The maximum Gasteiger partial charge on any atom is 0.324 e. The molecule has 3 amide bonds. The molecule has 1 N–H and O–H groups in total. The summed E-state index contributed by atoms with van der Waals surface area (Å²) in [6.07, 6.45) is 0. The number of amides is 3. The van der Waals surface area contributed by atoms with Crippen molar-refractivity contribution in [3.05, 3.63) is 33.8 Å². The van der Waals surface area contributed by atoms with Crippen molar-refractivity contribution in [2.24, 2.45) is 0 Å². The normalized spacial score (nSPS) is 16.2. The lowest BCUT2D eigenvalue weighted by Gasteiger charge is -2.26. The Morgan fingerprint density at radius 1 is 1.48 bits per heavy atom. The van der Waals surface area contributed by atoms with Crippen LogP contribution >= 0.6 is 23.2 Å². The Morgan fingerprint density at radius 2 is 2.19 bits per heavy atom. The number of nitrogens with one attached hydrogen (secondary N) is 1. The number of nitrogens with zero attached hydrogens (tertiary/aromatic N) is 2. The van der Waals surface area contributed by atoms with E-state index >= 15 is 0 Å². The maximum absolute atomic E-state index is 12.3. The summed E-state index contributed by atoms with van der Waals surface area (Å²) < 4.78 is 0. The topological polar surface area (TPSA) is 52.7 Å². The minimum Gasteiger partial charge on any atom is -0.336 e. The first-order valence-electron chi connectivity index (χ1n) is 6.63. The molecule has 1 aliphatic rings. The van der Waals surface area contributed by atoms with Gasteiger partial charge in [0.15, 0.2) is 0 Å². The van der Waals surface area contributed by atoms with Crippen LogP contribution in [0.2, 0.25) is 10.0 Å². The van der Waals surface area contributed by atoms with Crippen LogP contribution in [-0.4, -0.2) is 47.9 Å². The van der Waals surface area contributed by atoms with Gasteiger partial charge in [0.1, 0.15) is 0 Å². The van der Waals surface area contributed by atoms with Gasteiger partial charge in [0.05, 0.1) is 6.04 Å². The van der Waals surface area contributed by atoms with E-state index in [9.17, 15) is 9.59 Å². The van der Waals surface area contributed by atoms with E-state index in [1.54, 1.807) is 19.1 Å². The van der Waals surface area contributed by atoms with Crippen molar-refractivity contribution in [3.63, 3.8) is 0 Å². The summed E-state index contributed by atoms with van der Waals surface area (Å²) in [5.74, 6) is -0.211. The highest BCUT2D eigenvalue weighted by atomic mass is 35.5. The van der Waals surface area contributed by atoms with E-state index in [0.29, 0.717) is 29.7 Å². The van der Waals surface area contributed by atoms with Crippen molar-refractivity contribution in [2.45, 2.75) is 19.5 Å². The highest BCUT2D eigenvalue weighted by Gasteiger charge is 2.31. The summed E-state index contributed by atoms with van der Waals surface area (Å²) in [4.78, 5) is 26.9. The summed E-state index contributed by atoms with van der Waals surface area (Å²) in [7, 11) is 1.82. The number of rotatable bonds is 4. The molecule has 0 spiro atoms. The number of carbonyl (C=O) groups excluding carboxylic acids is 2. The predicted octanol–water partition coefficient (Wildman–Crippen LogP) is 2.37. The third kappa shape index (κ3) is 3.67. The molecule has 2 rings (SSSR count). The molecule has 1 saturated heterocycles. The standard InChI is InChI=1S/C14H17Cl2N3O2/c1-9(13(20)19-6-5-17-14(19)21)18(2)8-10-3-4-11(15)7-12(10)16/h3-4,7,9H,5-6,8H2,1-2H3,(H,17,21)/t9-/m1/s1. The minimum atomic E-state index is -0.416. The van der Waals surface area contributed by atoms with E-state index in [1.165, 1.54) is 4.90 Å². The molecule has 5 nitrogen and oxygen atoms in total. The van der Waals surface area contributed by atoms with E-state index in [-0.39, 0.29) is 11.9 Å². The Morgan fingerprint density at radius 3 is 2.76 bits per heavy atom. The van der Waals surface area contributed by atoms with Gasteiger partial charge in [-0.25, -0.2) is 4.79 Å². The summed E-state index contributed by atoms with van der Waals surface area (Å²) >= 11 is 12.0.